The molecule has 2 N–H and O–H groups in total. The summed E-state index contributed by atoms with van der Waals surface area (Å²) >= 11 is 0. The fourth-order valence-corrected chi connectivity index (χ4v) is 2.22. The lowest BCUT2D eigenvalue weighted by Crippen LogP contribution is -2.36. The summed E-state index contributed by atoms with van der Waals surface area (Å²) in [5, 5.41) is 30.0. The number of non-ortho nitro benzene ring substituents is 1. The van der Waals surface area contributed by atoms with E-state index in [1.165, 1.54) is 24.3 Å². The summed E-state index contributed by atoms with van der Waals surface area (Å²) in [6, 6.07) is 4.85. The lowest BCUT2D eigenvalue weighted by molar-refractivity contribution is -0.384. The molecule has 0 saturated carbocycles. The number of nitrogens with zero attached hydrogens (tertiary/aromatic N) is 1. The van der Waals surface area contributed by atoms with Crippen LogP contribution in [0.1, 0.15) is 0 Å². The number of aliphatic hydroxyl groups is 2. The minimum atomic E-state index is -5.24. The molecule has 0 unspecified atom stereocenters. The van der Waals surface area contributed by atoms with Gasteiger partial charge in [0.15, 0.2) is 0 Å². The van der Waals surface area contributed by atoms with Gasteiger partial charge in [-0.2, -0.15) is 0 Å². The van der Waals surface area contributed by atoms with E-state index in [1.54, 1.807) is 0 Å². The maximum absolute atomic E-state index is 10.5. The van der Waals surface area contributed by atoms with Gasteiger partial charge in [-0.05, 0) is 12.1 Å². The Labute approximate surface area is 129 Å². The van der Waals surface area contributed by atoms with Crippen LogP contribution in [-0.2, 0) is 13.8 Å². The van der Waals surface area contributed by atoms with Crippen molar-refractivity contribution in [1.29, 1.82) is 0 Å². The van der Waals surface area contributed by atoms with E-state index in [0.717, 1.165) is 0 Å². The van der Waals surface area contributed by atoms with Gasteiger partial charge in [0.25, 0.3) is 5.69 Å². The van der Waals surface area contributed by atoms with Crippen LogP contribution in [0.15, 0.2) is 24.3 Å². The van der Waals surface area contributed by atoms with Crippen LogP contribution in [-0.4, -0.2) is 46.3 Å². The third kappa shape index (κ3) is 4.69. The molecule has 1 aromatic carbocycles. The summed E-state index contributed by atoms with van der Waals surface area (Å²) < 4.78 is 24.7. The summed E-state index contributed by atoms with van der Waals surface area (Å²) in [7, 11) is -5.24. The molecule has 23 heavy (non-hydrogen) atoms. The van der Waals surface area contributed by atoms with Crippen LogP contribution in [0.3, 0.4) is 0 Å². The molecule has 2 rings (SSSR count). The second kappa shape index (κ2) is 6.89. The number of phosphoric acid groups is 1. The van der Waals surface area contributed by atoms with Gasteiger partial charge in [-0.25, -0.2) is 0 Å². The molecule has 0 radical (unpaired) electrons. The first kappa shape index (κ1) is 17.8. The first-order valence-electron chi connectivity index (χ1n) is 6.26. The Morgan fingerprint density at radius 3 is 2.35 bits per heavy atom. The first-order valence-corrected chi connectivity index (χ1v) is 7.73. The molecule has 1 fully saturated rings. The van der Waals surface area contributed by atoms with Gasteiger partial charge in [-0.15, -0.1) is 0 Å². The Bertz CT molecular complexity index is 601. The zero-order chi connectivity index (χ0) is 17.2. The molecular formula is C11H12NO10P-2. The van der Waals surface area contributed by atoms with Gasteiger partial charge < -0.3 is 38.6 Å². The quantitative estimate of drug-likeness (QED) is 0.341. The smallest absolute Gasteiger partial charge is 0.269 e. The SMILES string of the molecule is O=[N+]([O-])c1ccc(O[C@@H]2O[C@H](COP(=O)([O-])[O-])[C@@H](O)[C@H]2O)cc1. The van der Waals surface area contributed by atoms with Crippen LogP contribution < -0.4 is 14.5 Å². The Morgan fingerprint density at radius 1 is 1.22 bits per heavy atom. The van der Waals surface area contributed by atoms with Gasteiger partial charge >= 0.3 is 0 Å². The molecule has 1 aliphatic heterocycles. The van der Waals surface area contributed by atoms with E-state index in [1.807, 2.05) is 0 Å². The molecule has 0 aliphatic carbocycles. The number of nitro groups is 1. The van der Waals surface area contributed by atoms with Gasteiger partial charge in [0.2, 0.25) is 6.29 Å². The molecule has 12 heteroatoms. The zero-order valence-corrected chi connectivity index (χ0v) is 12.3. The Balaban J connectivity index is 1.97. The standard InChI is InChI=1S/C11H14NO10P/c13-9-8(5-20-23(17,18)19)22-11(10(9)14)21-7-3-1-6(2-4-7)12(15)16/h1-4,8-11,13-14H,5H2,(H2,17,18,19)/p-2/t8-,9-,10-,11-/m1/s1. The predicted molar refractivity (Wildman–Crippen MR) is 68.0 cm³/mol. The van der Waals surface area contributed by atoms with Crippen molar-refractivity contribution in [3.8, 4) is 5.75 Å². The molecule has 1 saturated heterocycles. The lowest BCUT2D eigenvalue weighted by Gasteiger charge is -2.30. The number of phosphoric ester groups is 1. The maximum Gasteiger partial charge on any atom is 0.269 e. The number of benzene rings is 1. The van der Waals surface area contributed by atoms with E-state index in [2.05, 4.69) is 4.52 Å². The average molecular weight is 349 g/mol. The van der Waals surface area contributed by atoms with E-state index < -0.39 is 44.0 Å². The summed E-state index contributed by atoms with van der Waals surface area (Å²) in [5.74, 6) is 0.117. The molecule has 0 bridgehead atoms. The molecule has 1 heterocycles. The highest BCUT2D eigenvalue weighted by Crippen LogP contribution is 2.30. The molecule has 0 spiro atoms. The van der Waals surface area contributed by atoms with Gasteiger partial charge in [0.1, 0.15) is 24.1 Å². The highest BCUT2D eigenvalue weighted by Gasteiger charge is 2.44. The minimum absolute atomic E-state index is 0.117. The molecule has 4 atom stereocenters. The molecular weight excluding hydrogens is 337 g/mol. The van der Waals surface area contributed by atoms with Crippen LogP contribution in [0.4, 0.5) is 5.69 Å². The van der Waals surface area contributed by atoms with Crippen LogP contribution in [0.5, 0.6) is 5.75 Å². The molecule has 0 amide bonds. The monoisotopic (exact) mass is 349 g/mol. The van der Waals surface area contributed by atoms with Gasteiger partial charge in [-0.3, -0.25) is 10.1 Å². The minimum Gasteiger partial charge on any atom is -0.790 e. The number of aliphatic hydroxyl groups excluding tert-OH is 2. The van der Waals surface area contributed by atoms with Crippen molar-refractivity contribution < 1.29 is 43.5 Å². The Kier molecular flexibility index (Phi) is 5.32. The van der Waals surface area contributed by atoms with Gasteiger partial charge in [0.05, 0.1) is 19.4 Å². The van der Waals surface area contributed by atoms with E-state index in [4.69, 9.17) is 9.47 Å². The topological polar surface area (TPSA) is 174 Å². The maximum atomic E-state index is 10.5. The molecule has 1 aromatic rings. The predicted octanol–water partition coefficient (Wildman–Crippen LogP) is -1.73. The van der Waals surface area contributed by atoms with Crippen molar-refractivity contribution in [2.45, 2.75) is 24.6 Å². The highest BCUT2D eigenvalue weighted by molar-refractivity contribution is 7.43. The first-order chi connectivity index (χ1) is 10.7. The number of nitro benzene ring substituents is 1. The number of ether oxygens (including phenoxy) is 2. The normalized spacial score (nSPS) is 27.8. The third-order valence-corrected chi connectivity index (χ3v) is 3.48. The van der Waals surface area contributed by atoms with Gasteiger partial charge in [0, 0.05) is 12.1 Å². The third-order valence-electron chi connectivity index (χ3n) is 3.02. The van der Waals surface area contributed by atoms with Crippen molar-refractivity contribution in [3.05, 3.63) is 34.4 Å². The summed E-state index contributed by atoms with van der Waals surface area (Å²) in [6.45, 7) is -0.775. The molecule has 0 aromatic heterocycles. The number of hydrogen-bond donors (Lipinski definition) is 2. The van der Waals surface area contributed by atoms with Gasteiger partial charge in [-0.1, -0.05) is 0 Å². The number of rotatable bonds is 6. The number of hydrogen-bond acceptors (Lipinski definition) is 10. The summed E-state index contributed by atoms with van der Waals surface area (Å²) in [5.41, 5.74) is -0.168. The van der Waals surface area contributed by atoms with Crippen LogP contribution in [0, 0.1) is 10.1 Å². The second-order valence-corrected chi connectivity index (χ2v) is 5.79. The fourth-order valence-electron chi connectivity index (χ4n) is 1.89. The van der Waals surface area contributed by atoms with E-state index in [-0.39, 0.29) is 11.4 Å². The van der Waals surface area contributed by atoms with Crippen molar-refractivity contribution in [2.24, 2.45) is 0 Å². The fraction of sp³-hybridized carbons (Fsp3) is 0.455. The van der Waals surface area contributed by atoms with Crippen molar-refractivity contribution in [2.75, 3.05) is 6.61 Å². The van der Waals surface area contributed by atoms with E-state index in [9.17, 15) is 34.7 Å². The van der Waals surface area contributed by atoms with Crippen LogP contribution in [0.25, 0.3) is 0 Å². The molecule has 128 valence electrons. The highest BCUT2D eigenvalue weighted by atomic mass is 31.2. The van der Waals surface area contributed by atoms with E-state index in [0.29, 0.717) is 0 Å². The average Bonchev–Trinajstić information content (AvgIpc) is 2.73. The van der Waals surface area contributed by atoms with Crippen LogP contribution >= 0.6 is 7.82 Å². The van der Waals surface area contributed by atoms with Crippen molar-refractivity contribution in [1.82, 2.24) is 0 Å². The summed E-state index contributed by atoms with van der Waals surface area (Å²) in [6.07, 6.45) is -5.72. The molecule has 11 nitrogen and oxygen atoms in total. The summed E-state index contributed by atoms with van der Waals surface area (Å²) in [4.78, 5) is 30.7. The molecule has 1 aliphatic rings. The largest absolute Gasteiger partial charge is 0.790 e. The van der Waals surface area contributed by atoms with Crippen molar-refractivity contribution >= 4 is 13.5 Å². The Morgan fingerprint density at radius 2 is 1.83 bits per heavy atom. The van der Waals surface area contributed by atoms with Crippen molar-refractivity contribution in [3.63, 3.8) is 0 Å². The van der Waals surface area contributed by atoms with E-state index >= 15 is 0 Å². The lowest BCUT2D eigenvalue weighted by atomic mass is 10.1. The van der Waals surface area contributed by atoms with Crippen LogP contribution in [0.2, 0.25) is 0 Å². The Hall–Kier alpha value is -1.59. The zero-order valence-electron chi connectivity index (χ0n) is 11.4. The second-order valence-electron chi connectivity index (χ2n) is 4.64.